The summed E-state index contributed by atoms with van der Waals surface area (Å²) in [5, 5.41) is 0. The van der Waals surface area contributed by atoms with Crippen molar-refractivity contribution in [2.24, 2.45) is 4.99 Å². The van der Waals surface area contributed by atoms with E-state index in [2.05, 4.69) is 4.99 Å². The average Bonchev–Trinajstić information content (AvgIpc) is 2.86. The second-order valence-corrected chi connectivity index (χ2v) is 4.45. The van der Waals surface area contributed by atoms with Crippen LogP contribution in [0.2, 0.25) is 0 Å². The first-order valence-corrected chi connectivity index (χ1v) is 5.95. The lowest BCUT2D eigenvalue weighted by Gasteiger charge is -2.14. The normalized spacial score (nSPS) is 29.2. The number of alkyl halides is 3. The molecule has 2 heterocycles. The topological polar surface area (TPSA) is 30.8 Å². The van der Waals surface area contributed by atoms with E-state index in [1.807, 2.05) is 0 Å². The molecule has 0 amide bonds. The van der Waals surface area contributed by atoms with Gasteiger partial charge in [0.15, 0.2) is 0 Å². The van der Waals surface area contributed by atoms with Crippen LogP contribution >= 0.6 is 0 Å². The highest BCUT2D eigenvalue weighted by Crippen LogP contribution is 2.25. The van der Waals surface area contributed by atoms with E-state index in [1.54, 1.807) is 0 Å². The molecule has 0 aromatic carbocycles. The lowest BCUT2D eigenvalue weighted by atomic mass is 10.1. The van der Waals surface area contributed by atoms with Gasteiger partial charge >= 0.3 is 6.18 Å². The lowest BCUT2D eigenvalue weighted by molar-refractivity contribution is -0.0792. The maximum atomic E-state index is 12.2. The molecule has 2 atom stereocenters. The van der Waals surface area contributed by atoms with Crippen LogP contribution in [0.1, 0.15) is 32.1 Å². The van der Waals surface area contributed by atoms with Crippen molar-refractivity contribution in [2.45, 2.75) is 50.5 Å². The maximum absolute atomic E-state index is 12.2. The third kappa shape index (κ3) is 3.59. The van der Waals surface area contributed by atoms with Crippen molar-refractivity contribution in [2.75, 3.05) is 13.2 Å². The number of rotatable bonds is 4. The number of nitrogens with zero attached hydrogens (tertiary/aromatic N) is 1. The molecule has 2 aliphatic rings. The molecule has 3 nitrogen and oxygen atoms in total. The zero-order valence-corrected chi connectivity index (χ0v) is 9.50. The van der Waals surface area contributed by atoms with E-state index in [0.29, 0.717) is 12.5 Å². The minimum Gasteiger partial charge on any atom is -0.469 e. The average molecular weight is 251 g/mol. The maximum Gasteiger partial charge on any atom is 0.468 e. The minimum atomic E-state index is -4.44. The number of aliphatic imine (C=N–C) groups is 1. The fourth-order valence-electron chi connectivity index (χ4n) is 2.17. The summed E-state index contributed by atoms with van der Waals surface area (Å²) in [5.74, 6) is -1.07. The zero-order chi connectivity index (χ0) is 12.3. The summed E-state index contributed by atoms with van der Waals surface area (Å²) >= 11 is 0. The molecule has 0 aliphatic carbocycles. The molecule has 0 aromatic rings. The van der Waals surface area contributed by atoms with Gasteiger partial charge in [-0.3, -0.25) is 0 Å². The molecule has 17 heavy (non-hydrogen) atoms. The van der Waals surface area contributed by atoms with Crippen molar-refractivity contribution in [1.82, 2.24) is 0 Å². The Morgan fingerprint density at radius 3 is 2.59 bits per heavy atom. The van der Waals surface area contributed by atoms with Gasteiger partial charge in [-0.2, -0.15) is 13.2 Å². The summed E-state index contributed by atoms with van der Waals surface area (Å²) in [6.45, 7) is 0.937. The van der Waals surface area contributed by atoms with E-state index in [0.717, 1.165) is 32.3 Å². The molecule has 2 rings (SSSR count). The van der Waals surface area contributed by atoms with Crippen molar-refractivity contribution >= 4 is 5.90 Å². The smallest absolute Gasteiger partial charge is 0.468 e. The Labute approximate surface area is 98.0 Å². The summed E-state index contributed by atoms with van der Waals surface area (Å²) in [6.07, 6.45) is -0.0574. The molecule has 1 saturated heterocycles. The largest absolute Gasteiger partial charge is 0.469 e. The predicted octanol–water partition coefficient (Wildman–Crippen LogP) is 2.70. The second kappa shape index (κ2) is 5.25. The highest BCUT2D eigenvalue weighted by Gasteiger charge is 2.42. The van der Waals surface area contributed by atoms with Gasteiger partial charge in [0.2, 0.25) is 0 Å². The Bertz CT molecular complexity index is 285. The van der Waals surface area contributed by atoms with E-state index >= 15 is 0 Å². The van der Waals surface area contributed by atoms with Crippen molar-refractivity contribution < 1.29 is 22.6 Å². The number of hydrogen-bond acceptors (Lipinski definition) is 3. The Hall–Kier alpha value is -0.780. The Kier molecular flexibility index (Phi) is 3.91. The SMILES string of the molecule is FC(F)(F)C1=NCC(CCC[C@@H]2CCCO2)O1. The molecule has 0 bridgehead atoms. The van der Waals surface area contributed by atoms with Gasteiger partial charge in [-0.15, -0.1) is 0 Å². The molecule has 0 radical (unpaired) electrons. The summed E-state index contributed by atoms with van der Waals surface area (Å²) in [5.41, 5.74) is 0. The molecule has 1 unspecified atom stereocenters. The molecule has 0 saturated carbocycles. The van der Waals surface area contributed by atoms with Crippen molar-refractivity contribution in [3.63, 3.8) is 0 Å². The molecule has 2 aliphatic heterocycles. The van der Waals surface area contributed by atoms with E-state index in [4.69, 9.17) is 9.47 Å². The van der Waals surface area contributed by atoms with E-state index < -0.39 is 18.2 Å². The first-order chi connectivity index (χ1) is 8.05. The van der Waals surface area contributed by atoms with Crippen LogP contribution in [0.25, 0.3) is 0 Å². The van der Waals surface area contributed by atoms with Gasteiger partial charge in [-0.25, -0.2) is 4.99 Å². The van der Waals surface area contributed by atoms with E-state index in [9.17, 15) is 13.2 Å². The third-order valence-electron chi connectivity index (χ3n) is 3.04. The van der Waals surface area contributed by atoms with Gasteiger partial charge in [0, 0.05) is 6.61 Å². The molecule has 6 heteroatoms. The van der Waals surface area contributed by atoms with Crippen LogP contribution in [0.3, 0.4) is 0 Å². The van der Waals surface area contributed by atoms with Crippen LogP contribution < -0.4 is 0 Å². The number of hydrogen-bond donors (Lipinski definition) is 0. The van der Waals surface area contributed by atoms with Crippen LogP contribution in [0.15, 0.2) is 4.99 Å². The second-order valence-electron chi connectivity index (χ2n) is 4.45. The summed E-state index contributed by atoms with van der Waals surface area (Å²) < 4.78 is 46.9. The molecule has 0 aromatic heterocycles. The minimum absolute atomic E-state index is 0.125. The van der Waals surface area contributed by atoms with Crippen LogP contribution in [0.4, 0.5) is 13.2 Å². The van der Waals surface area contributed by atoms with Crippen LogP contribution in [-0.4, -0.2) is 37.4 Å². The van der Waals surface area contributed by atoms with Crippen molar-refractivity contribution in [3.05, 3.63) is 0 Å². The monoisotopic (exact) mass is 251 g/mol. The fourth-order valence-corrected chi connectivity index (χ4v) is 2.17. The van der Waals surface area contributed by atoms with Crippen molar-refractivity contribution in [3.8, 4) is 0 Å². The van der Waals surface area contributed by atoms with Gasteiger partial charge < -0.3 is 9.47 Å². The third-order valence-corrected chi connectivity index (χ3v) is 3.04. The van der Waals surface area contributed by atoms with Gasteiger partial charge in [-0.1, -0.05) is 0 Å². The summed E-state index contributed by atoms with van der Waals surface area (Å²) in [6, 6.07) is 0. The Balaban J connectivity index is 1.62. The van der Waals surface area contributed by atoms with Crippen LogP contribution in [0, 0.1) is 0 Å². The molecule has 0 N–H and O–H groups in total. The standard InChI is InChI=1S/C11H16F3NO2/c12-11(13,14)10-15-7-9(17-10)4-1-3-8-5-2-6-16-8/h8-9H,1-7H2/t8-,9?/m1/s1. The molecular formula is C11H16F3NO2. The summed E-state index contributed by atoms with van der Waals surface area (Å²) in [4.78, 5) is 3.38. The summed E-state index contributed by atoms with van der Waals surface area (Å²) in [7, 11) is 0. The highest BCUT2D eigenvalue weighted by atomic mass is 19.4. The van der Waals surface area contributed by atoms with Gasteiger partial charge in [-0.05, 0) is 32.1 Å². The first-order valence-electron chi connectivity index (χ1n) is 5.95. The zero-order valence-electron chi connectivity index (χ0n) is 9.50. The van der Waals surface area contributed by atoms with E-state index in [1.165, 1.54) is 0 Å². The first kappa shape index (κ1) is 12.7. The van der Waals surface area contributed by atoms with Gasteiger partial charge in [0.1, 0.15) is 6.10 Å². The molecule has 98 valence electrons. The van der Waals surface area contributed by atoms with Crippen LogP contribution in [0.5, 0.6) is 0 Å². The van der Waals surface area contributed by atoms with E-state index in [-0.39, 0.29) is 6.54 Å². The molecular weight excluding hydrogens is 235 g/mol. The van der Waals surface area contributed by atoms with Crippen LogP contribution in [-0.2, 0) is 9.47 Å². The van der Waals surface area contributed by atoms with Gasteiger partial charge in [0.05, 0.1) is 12.6 Å². The predicted molar refractivity (Wildman–Crippen MR) is 56.1 cm³/mol. The Morgan fingerprint density at radius 1 is 1.24 bits per heavy atom. The van der Waals surface area contributed by atoms with Gasteiger partial charge in [0.25, 0.3) is 5.90 Å². The molecule has 0 spiro atoms. The number of halogens is 3. The quantitative estimate of drug-likeness (QED) is 0.769. The molecule has 1 fully saturated rings. The van der Waals surface area contributed by atoms with Crippen molar-refractivity contribution in [1.29, 1.82) is 0 Å². The highest BCUT2D eigenvalue weighted by molar-refractivity contribution is 5.83. The Morgan fingerprint density at radius 2 is 2.00 bits per heavy atom. The fraction of sp³-hybridized carbons (Fsp3) is 0.909. The number of ether oxygens (including phenoxy) is 2. The lowest BCUT2D eigenvalue weighted by Crippen LogP contribution is -2.25.